The van der Waals surface area contributed by atoms with Crippen LogP contribution in [0, 0.1) is 6.42 Å². The molecule has 2 aromatic rings. The molecule has 0 aliphatic carbocycles. The first-order chi connectivity index (χ1) is 8.81. The Morgan fingerprint density at radius 1 is 1.28 bits per heavy atom. The van der Waals surface area contributed by atoms with Crippen LogP contribution >= 0.6 is 0 Å². The van der Waals surface area contributed by atoms with Crippen molar-refractivity contribution in [1.29, 1.82) is 0 Å². The van der Waals surface area contributed by atoms with Crippen molar-refractivity contribution >= 4 is 0 Å². The number of unbranched alkanes of at least 4 members (excludes halogenated alkanes) is 1. The minimum Gasteiger partial charge on any atom is -0.497 e. The summed E-state index contributed by atoms with van der Waals surface area (Å²) in [6.45, 7) is 2.88. The number of methoxy groups -OCH3 is 1. The predicted molar refractivity (Wildman–Crippen MR) is 70.4 cm³/mol. The molecule has 0 atom stereocenters. The van der Waals surface area contributed by atoms with Gasteiger partial charge in [-0.3, -0.25) is 0 Å². The largest absolute Gasteiger partial charge is 0.497 e. The van der Waals surface area contributed by atoms with Gasteiger partial charge >= 0.3 is 0 Å². The third kappa shape index (κ3) is 3.32. The average Bonchev–Trinajstić information content (AvgIpc) is 2.85. The zero-order valence-electron chi connectivity index (χ0n) is 10.8. The fourth-order valence-electron chi connectivity index (χ4n) is 1.69. The van der Waals surface area contributed by atoms with Crippen LogP contribution in [-0.4, -0.2) is 22.1 Å². The highest BCUT2D eigenvalue weighted by molar-refractivity contribution is 5.27. The van der Waals surface area contributed by atoms with Crippen LogP contribution in [-0.2, 0) is 6.54 Å². The summed E-state index contributed by atoms with van der Waals surface area (Å²) < 4.78 is 6.98. The van der Waals surface area contributed by atoms with E-state index in [4.69, 9.17) is 4.74 Å². The molecule has 18 heavy (non-hydrogen) atoms. The highest BCUT2D eigenvalue weighted by atomic mass is 16.5. The summed E-state index contributed by atoms with van der Waals surface area (Å²) in [6, 6.07) is 7.98. The summed E-state index contributed by atoms with van der Waals surface area (Å²) in [5.74, 6) is 0.870. The maximum Gasteiger partial charge on any atom is 0.118 e. The molecular weight excluding hydrogens is 226 g/mol. The lowest BCUT2D eigenvalue weighted by atomic mass is 10.2. The van der Waals surface area contributed by atoms with Crippen LogP contribution < -0.4 is 4.74 Å². The topological polar surface area (TPSA) is 39.9 Å². The van der Waals surface area contributed by atoms with E-state index < -0.39 is 0 Å². The van der Waals surface area contributed by atoms with Gasteiger partial charge < -0.3 is 4.74 Å². The van der Waals surface area contributed by atoms with Gasteiger partial charge in [-0.05, 0) is 24.1 Å². The first kappa shape index (κ1) is 12.6. The Balaban J connectivity index is 1.97. The van der Waals surface area contributed by atoms with Crippen molar-refractivity contribution in [2.45, 2.75) is 26.3 Å². The monoisotopic (exact) mass is 244 g/mol. The lowest BCUT2D eigenvalue weighted by Gasteiger charge is -2.02. The maximum atomic E-state index is 5.13. The molecule has 1 heterocycles. The quantitative estimate of drug-likeness (QED) is 0.784. The van der Waals surface area contributed by atoms with Gasteiger partial charge in [-0.15, -0.1) is 5.10 Å². The third-order valence-corrected chi connectivity index (χ3v) is 2.70. The van der Waals surface area contributed by atoms with Crippen molar-refractivity contribution in [3.05, 3.63) is 48.1 Å². The lowest BCUT2D eigenvalue weighted by Crippen LogP contribution is -2.00. The summed E-state index contributed by atoms with van der Waals surface area (Å²) >= 11 is 0. The van der Waals surface area contributed by atoms with Gasteiger partial charge in [0.25, 0.3) is 0 Å². The summed E-state index contributed by atoms with van der Waals surface area (Å²) in [7, 11) is 1.67. The average molecular weight is 244 g/mol. The maximum absolute atomic E-state index is 5.13. The number of benzene rings is 1. The molecule has 4 nitrogen and oxygen atoms in total. The Labute approximate surface area is 108 Å². The molecule has 0 bridgehead atoms. The van der Waals surface area contributed by atoms with Crippen molar-refractivity contribution in [3.63, 3.8) is 0 Å². The van der Waals surface area contributed by atoms with E-state index in [1.807, 2.05) is 35.1 Å². The van der Waals surface area contributed by atoms with E-state index in [0.29, 0.717) is 0 Å². The summed E-state index contributed by atoms with van der Waals surface area (Å²) in [4.78, 5) is 0. The van der Waals surface area contributed by atoms with Gasteiger partial charge in [-0.2, -0.15) is 0 Å². The van der Waals surface area contributed by atoms with Crippen LogP contribution in [0.15, 0.2) is 30.5 Å². The van der Waals surface area contributed by atoms with Crippen molar-refractivity contribution in [3.8, 4) is 5.75 Å². The first-order valence-corrected chi connectivity index (χ1v) is 6.18. The van der Waals surface area contributed by atoms with Crippen LogP contribution in [0.5, 0.6) is 5.75 Å². The van der Waals surface area contributed by atoms with Crippen LogP contribution in [0.25, 0.3) is 0 Å². The lowest BCUT2D eigenvalue weighted by molar-refractivity contribution is 0.414. The van der Waals surface area contributed by atoms with E-state index in [0.717, 1.165) is 30.8 Å². The molecule has 0 spiro atoms. The van der Waals surface area contributed by atoms with E-state index in [2.05, 4.69) is 23.7 Å². The Morgan fingerprint density at radius 2 is 2.06 bits per heavy atom. The van der Waals surface area contributed by atoms with Crippen molar-refractivity contribution in [2.75, 3.05) is 7.11 Å². The second-order valence-corrected chi connectivity index (χ2v) is 4.18. The minimum atomic E-state index is 0.733. The molecule has 0 aliphatic heterocycles. The number of hydrogen-bond acceptors (Lipinski definition) is 3. The number of hydrogen-bond donors (Lipinski definition) is 0. The fourth-order valence-corrected chi connectivity index (χ4v) is 1.69. The molecule has 0 aliphatic rings. The summed E-state index contributed by atoms with van der Waals surface area (Å²) in [6.07, 6.45) is 6.25. The highest BCUT2D eigenvalue weighted by Crippen LogP contribution is 2.12. The number of ether oxygens (including phenoxy) is 1. The van der Waals surface area contributed by atoms with Gasteiger partial charge in [-0.1, -0.05) is 30.7 Å². The van der Waals surface area contributed by atoms with Gasteiger partial charge in [0.2, 0.25) is 0 Å². The predicted octanol–water partition coefficient (Wildman–Crippen LogP) is 2.69. The number of nitrogens with zero attached hydrogens (tertiary/aromatic N) is 3. The molecule has 2 rings (SSSR count). The molecular formula is C14H18N3O. The second kappa shape index (κ2) is 6.19. The fraction of sp³-hybridized carbons (Fsp3) is 0.357. The first-order valence-electron chi connectivity index (χ1n) is 6.18. The van der Waals surface area contributed by atoms with Crippen LogP contribution in [0.3, 0.4) is 0 Å². The number of aromatic nitrogens is 3. The Hall–Kier alpha value is -1.84. The molecule has 0 amide bonds. The molecule has 4 heteroatoms. The standard InChI is InChI=1S/C14H18N3O/c1-3-4-5-13-11-17(16-15-13)10-12-6-8-14(18-2)9-7-12/h5-9,11H,3-4,10H2,1-2H3. The molecule has 0 N–H and O–H groups in total. The van der Waals surface area contributed by atoms with E-state index in [1.54, 1.807) is 7.11 Å². The SMILES string of the molecule is CCC[CH]c1cn(Cc2ccc(OC)cc2)nn1. The highest BCUT2D eigenvalue weighted by Gasteiger charge is 2.01. The molecule has 95 valence electrons. The molecule has 1 aromatic heterocycles. The van der Waals surface area contributed by atoms with E-state index in [1.165, 1.54) is 5.56 Å². The van der Waals surface area contributed by atoms with E-state index >= 15 is 0 Å². The van der Waals surface area contributed by atoms with Crippen molar-refractivity contribution in [1.82, 2.24) is 15.0 Å². The van der Waals surface area contributed by atoms with Crippen molar-refractivity contribution in [2.24, 2.45) is 0 Å². The third-order valence-electron chi connectivity index (χ3n) is 2.70. The van der Waals surface area contributed by atoms with Gasteiger partial charge in [0, 0.05) is 12.6 Å². The molecule has 0 fully saturated rings. The molecule has 1 radical (unpaired) electrons. The van der Waals surface area contributed by atoms with Gasteiger partial charge in [0.1, 0.15) is 5.75 Å². The van der Waals surface area contributed by atoms with Gasteiger partial charge in [0.05, 0.1) is 19.3 Å². The van der Waals surface area contributed by atoms with E-state index in [-0.39, 0.29) is 0 Å². The number of rotatable bonds is 6. The normalized spacial score (nSPS) is 10.6. The molecule has 1 aromatic carbocycles. The zero-order valence-corrected chi connectivity index (χ0v) is 10.8. The summed E-state index contributed by atoms with van der Waals surface area (Å²) in [5.41, 5.74) is 2.13. The second-order valence-electron chi connectivity index (χ2n) is 4.18. The molecule has 0 saturated carbocycles. The smallest absolute Gasteiger partial charge is 0.118 e. The Kier molecular flexibility index (Phi) is 4.34. The van der Waals surface area contributed by atoms with Gasteiger partial charge in [0.15, 0.2) is 0 Å². The molecule has 0 saturated heterocycles. The van der Waals surface area contributed by atoms with Crippen LogP contribution in [0.4, 0.5) is 0 Å². The molecule has 0 unspecified atom stereocenters. The van der Waals surface area contributed by atoms with Crippen molar-refractivity contribution < 1.29 is 4.74 Å². The minimum absolute atomic E-state index is 0.733. The Bertz CT molecular complexity index is 476. The van der Waals surface area contributed by atoms with E-state index in [9.17, 15) is 0 Å². The summed E-state index contributed by atoms with van der Waals surface area (Å²) in [5, 5.41) is 8.23. The Morgan fingerprint density at radius 3 is 2.72 bits per heavy atom. The van der Waals surface area contributed by atoms with Gasteiger partial charge in [-0.25, -0.2) is 4.68 Å². The zero-order chi connectivity index (χ0) is 12.8. The van der Waals surface area contributed by atoms with Crippen LogP contribution in [0.1, 0.15) is 31.0 Å². The van der Waals surface area contributed by atoms with Crippen LogP contribution in [0.2, 0.25) is 0 Å².